The number of phenols is 1. The third-order valence-corrected chi connectivity index (χ3v) is 5.24. The molecule has 3 nitrogen and oxygen atoms in total. The molecule has 0 radical (unpaired) electrons. The molecule has 112 valence electrons. The normalized spacial score (nSPS) is 24.4. The lowest BCUT2D eigenvalue weighted by molar-refractivity contribution is 0.350. The van der Waals surface area contributed by atoms with Crippen molar-refractivity contribution in [1.82, 2.24) is 5.32 Å². The molecular formula is C16H25NO2S. The number of methoxy groups -OCH3 is 1. The van der Waals surface area contributed by atoms with Crippen LogP contribution < -0.4 is 10.1 Å². The van der Waals surface area contributed by atoms with Gasteiger partial charge in [0, 0.05) is 17.3 Å². The van der Waals surface area contributed by atoms with E-state index in [1.165, 1.54) is 25.7 Å². The van der Waals surface area contributed by atoms with Crippen LogP contribution in [0, 0.1) is 0 Å². The summed E-state index contributed by atoms with van der Waals surface area (Å²) in [5, 5.41) is 14.2. The van der Waals surface area contributed by atoms with Gasteiger partial charge in [0.05, 0.1) is 7.11 Å². The van der Waals surface area contributed by atoms with Gasteiger partial charge in [-0.25, -0.2) is 0 Å². The zero-order chi connectivity index (χ0) is 14.5. The summed E-state index contributed by atoms with van der Waals surface area (Å²) in [6, 6.07) is 6.45. The van der Waals surface area contributed by atoms with Crippen LogP contribution in [0.4, 0.5) is 0 Å². The summed E-state index contributed by atoms with van der Waals surface area (Å²) < 4.78 is 5.18. The average Bonchev–Trinajstić information content (AvgIpc) is 2.47. The second-order valence-electron chi connectivity index (χ2n) is 5.54. The maximum atomic E-state index is 9.66. The first-order valence-electron chi connectivity index (χ1n) is 7.29. The highest BCUT2D eigenvalue weighted by Crippen LogP contribution is 2.31. The molecule has 1 aromatic rings. The van der Waals surface area contributed by atoms with Gasteiger partial charge in [0.1, 0.15) is 0 Å². The van der Waals surface area contributed by atoms with Crippen LogP contribution in [0.3, 0.4) is 0 Å². The van der Waals surface area contributed by atoms with Gasteiger partial charge in [-0.15, -0.1) is 0 Å². The lowest BCUT2D eigenvalue weighted by Crippen LogP contribution is -2.36. The summed E-state index contributed by atoms with van der Waals surface area (Å²) in [4.78, 5) is 0. The van der Waals surface area contributed by atoms with Crippen LogP contribution in [0.5, 0.6) is 11.5 Å². The van der Waals surface area contributed by atoms with Gasteiger partial charge >= 0.3 is 0 Å². The first-order valence-corrected chi connectivity index (χ1v) is 8.58. The zero-order valence-corrected chi connectivity index (χ0v) is 13.4. The molecule has 1 aliphatic rings. The fourth-order valence-electron chi connectivity index (χ4n) is 2.92. The van der Waals surface area contributed by atoms with Crippen LogP contribution in [0.2, 0.25) is 0 Å². The Labute approximate surface area is 126 Å². The average molecular weight is 295 g/mol. The quantitative estimate of drug-likeness (QED) is 0.868. The summed E-state index contributed by atoms with van der Waals surface area (Å²) >= 11 is 1.99. The van der Waals surface area contributed by atoms with Crippen LogP contribution in [0.25, 0.3) is 0 Å². The second kappa shape index (κ2) is 7.23. The lowest BCUT2D eigenvalue weighted by Gasteiger charge is -2.31. The Morgan fingerprint density at radius 2 is 2.20 bits per heavy atom. The minimum Gasteiger partial charge on any atom is -0.504 e. The van der Waals surface area contributed by atoms with Gasteiger partial charge in [-0.2, -0.15) is 11.8 Å². The van der Waals surface area contributed by atoms with Crippen LogP contribution in [-0.4, -0.2) is 29.8 Å². The van der Waals surface area contributed by atoms with Crippen LogP contribution in [-0.2, 0) is 0 Å². The fourth-order valence-corrected chi connectivity index (χ4v) is 3.75. The van der Waals surface area contributed by atoms with E-state index in [2.05, 4.69) is 18.5 Å². The van der Waals surface area contributed by atoms with E-state index in [1.807, 2.05) is 23.9 Å². The Bertz CT molecular complexity index is 438. The van der Waals surface area contributed by atoms with Crippen LogP contribution in [0.1, 0.15) is 44.2 Å². The Balaban J connectivity index is 1.99. The van der Waals surface area contributed by atoms with Gasteiger partial charge in [-0.1, -0.05) is 12.5 Å². The molecule has 0 spiro atoms. The van der Waals surface area contributed by atoms with Gasteiger partial charge < -0.3 is 15.2 Å². The van der Waals surface area contributed by atoms with E-state index in [1.54, 1.807) is 13.2 Å². The molecule has 20 heavy (non-hydrogen) atoms. The number of aromatic hydroxyl groups is 1. The van der Waals surface area contributed by atoms with E-state index in [0.29, 0.717) is 11.8 Å². The number of benzene rings is 1. The third kappa shape index (κ3) is 3.83. The van der Waals surface area contributed by atoms with Crippen LogP contribution >= 0.6 is 11.8 Å². The van der Waals surface area contributed by atoms with Gasteiger partial charge in [0.25, 0.3) is 0 Å². The smallest absolute Gasteiger partial charge is 0.160 e. The van der Waals surface area contributed by atoms with Crippen molar-refractivity contribution in [3.05, 3.63) is 23.8 Å². The molecule has 0 heterocycles. The van der Waals surface area contributed by atoms with E-state index in [0.717, 1.165) is 10.8 Å². The van der Waals surface area contributed by atoms with Crippen molar-refractivity contribution in [3.63, 3.8) is 0 Å². The molecule has 3 atom stereocenters. The minimum atomic E-state index is 0.198. The molecule has 2 N–H and O–H groups in total. The molecule has 0 amide bonds. The summed E-state index contributed by atoms with van der Waals surface area (Å²) in [6.07, 6.45) is 7.38. The summed E-state index contributed by atoms with van der Waals surface area (Å²) in [6.45, 7) is 2.18. The molecule has 0 bridgehead atoms. The third-order valence-electron chi connectivity index (χ3n) is 4.15. The van der Waals surface area contributed by atoms with E-state index in [-0.39, 0.29) is 11.8 Å². The van der Waals surface area contributed by atoms with Crippen molar-refractivity contribution in [2.45, 2.75) is 49.9 Å². The SMILES string of the molecule is COc1cc(C(C)NC2CCCC(SC)C2)ccc1O. The molecule has 0 saturated heterocycles. The number of hydrogen-bond donors (Lipinski definition) is 2. The molecule has 2 rings (SSSR count). The molecule has 1 aliphatic carbocycles. The molecule has 0 aliphatic heterocycles. The van der Waals surface area contributed by atoms with Crippen molar-refractivity contribution >= 4 is 11.8 Å². The number of nitrogens with one attached hydrogen (secondary N) is 1. The zero-order valence-electron chi connectivity index (χ0n) is 12.6. The van der Waals surface area contributed by atoms with E-state index >= 15 is 0 Å². The van der Waals surface area contributed by atoms with Crippen molar-refractivity contribution in [2.75, 3.05) is 13.4 Å². The molecule has 3 unspecified atom stereocenters. The number of thioether (sulfide) groups is 1. The Hall–Kier alpha value is -0.870. The standard InChI is InChI=1S/C16H25NO2S/c1-11(12-7-8-15(18)16(9-12)19-2)17-13-5-4-6-14(10-13)20-3/h7-9,11,13-14,17-18H,4-6,10H2,1-3H3. The minimum absolute atomic E-state index is 0.198. The largest absolute Gasteiger partial charge is 0.504 e. The topological polar surface area (TPSA) is 41.5 Å². The Morgan fingerprint density at radius 3 is 2.90 bits per heavy atom. The number of phenolic OH excluding ortho intramolecular Hbond substituents is 1. The molecule has 0 aromatic heterocycles. The highest BCUT2D eigenvalue weighted by molar-refractivity contribution is 7.99. The molecule has 1 aromatic carbocycles. The van der Waals surface area contributed by atoms with Crippen molar-refractivity contribution < 1.29 is 9.84 Å². The predicted molar refractivity (Wildman–Crippen MR) is 85.8 cm³/mol. The van der Waals surface area contributed by atoms with Crippen molar-refractivity contribution in [1.29, 1.82) is 0 Å². The highest BCUT2D eigenvalue weighted by Gasteiger charge is 2.22. The number of ether oxygens (including phenoxy) is 1. The predicted octanol–water partition coefficient (Wildman–Crippen LogP) is 3.73. The van der Waals surface area contributed by atoms with Gasteiger partial charge in [0.2, 0.25) is 0 Å². The Morgan fingerprint density at radius 1 is 1.40 bits per heavy atom. The first-order chi connectivity index (χ1) is 9.63. The van der Waals surface area contributed by atoms with E-state index < -0.39 is 0 Å². The highest BCUT2D eigenvalue weighted by atomic mass is 32.2. The van der Waals surface area contributed by atoms with Crippen LogP contribution in [0.15, 0.2) is 18.2 Å². The maximum absolute atomic E-state index is 9.66. The molecule has 1 fully saturated rings. The molecular weight excluding hydrogens is 270 g/mol. The van der Waals surface area contributed by atoms with Gasteiger partial charge in [0.15, 0.2) is 11.5 Å². The monoisotopic (exact) mass is 295 g/mol. The fraction of sp³-hybridized carbons (Fsp3) is 0.625. The first kappa shape index (κ1) is 15.5. The number of rotatable bonds is 5. The lowest BCUT2D eigenvalue weighted by atomic mass is 9.93. The molecule has 4 heteroatoms. The van der Waals surface area contributed by atoms with Crippen molar-refractivity contribution in [3.8, 4) is 11.5 Å². The van der Waals surface area contributed by atoms with Gasteiger partial charge in [-0.05, 0) is 50.1 Å². The second-order valence-corrected chi connectivity index (χ2v) is 6.68. The summed E-state index contributed by atoms with van der Waals surface area (Å²) in [5.41, 5.74) is 1.16. The summed E-state index contributed by atoms with van der Waals surface area (Å²) in [7, 11) is 1.58. The van der Waals surface area contributed by atoms with Gasteiger partial charge in [-0.3, -0.25) is 0 Å². The summed E-state index contributed by atoms with van der Waals surface area (Å²) in [5.74, 6) is 0.741. The van der Waals surface area contributed by atoms with E-state index in [9.17, 15) is 5.11 Å². The van der Waals surface area contributed by atoms with E-state index in [4.69, 9.17) is 4.74 Å². The number of hydrogen-bond acceptors (Lipinski definition) is 4. The Kier molecular flexibility index (Phi) is 5.61. The molecule has 1 saturated carbocycles. The maximum Gasteiger partial charge on any atom is 0.160 e. The van der Waals surface area contributed by atoms with Crippen molar-refractivity contribution in [2.24, 2.45) is 0 Å².